The third-order valence-electron chi connectivity index (χ3n) is 3.33. The standard InChI is InChI=1S/C12H16FNO3S/c1-2-8-6-17-12-5-9(13)3-4-10(12)11(8)7-18(14,15)16/h3-5,8,11H,2,6-7H2,1H3,(H2,14,15,16)/t8-,11+/m1/s1. The second-order valence-corrected chi connectivity index (χ2v) is 6.26. The molecule has 0 radical (unpaired) electrons. The van der Waals surface area contributed by atoms with Gasteiger partial charge in [0, 0.05) is 17.9 Å². The van der Waals surface area contributed by atoms with E-state index >= 15 is 0 Å². The maximum atomic E-state index is 13.1. The van der Waals surface area contributed by atoms with Crippen LogP contribution in [0, 0.1) is 11.7 Å². The Morgan fingerprint density at radius 3 is 2.83 bits per heavy atom. The monoisotopic (exact) mass is 273 g/mol. The van der Waals surface area contributed by atoms with E-state index in [2.05, 4.69) is 0 Å². The van der Waals surface area contributed by atoms with E-state index in [4.69, 9.17) is 9.88 Å². The highest BCUT2D eigenvalue weighted by atomic mass is 32.2. The average Bonchev–Trinajstić information content (AvgIpc) is 2.27. The number of sulfonamides is 1. The summed E-state index contributed by atoms with van der Waals surface area (Å²) in [7, 11) is -3.57. The number of primary sulfonamides is 1. The Kier molecular flexibility index (Phi) is 3.59. The largest absolute Gasteiger partial charge is 0.493 e. The molecule has 6 heteroatoms. The first-order valence-corrected chi connectivity index (χ1v) is 7.55. The van der Waals surface area contributed by atoms with Gasteiger partial charge in [0.25, 0.3) is 0 Å². The van der Waals surface area contributed by atoms with Crippen molar-refractivity contribution < 1.29 is 17.5 Å². The van der Waals surface area contributed by atoms with E-state index in [0.29, 0.717) is 12.4 Å². The molecule has 1 aliphatic rings. The van der Waals surface area contributed by atoms with Crippen LogP contribution in [-0.2, 0) is 10.0 Å². The molecule has 4 nitrogen and oxygen atoms in total. The number of benzene rings is 1. The lowest BCUT2D eigenvalue weighted by molar-refractivity contribution is 0.195. The van der Waals surface area contributed by atoms with Crippen molar-refractivity contribution in [1.29, 1.82) is 0 Å². The van der Waals surface area contributed by atoms with Gasteiger partial charge in [0.2, 0.25) is 10.0 Å². The third kappa shape index (κ3) is 2.81. The Morgan fingerprint density at radius 2 is 2.22 bits per heavy atom. The van der Waals surface area contributed by atoms with Crippen LogP contribution in [0.15, 0.2) is 18.2 Å². The molecular weight excluding hydrogens is 257 g/mol. The Bertz CT molecular complexity index is 544. The minimum absolute atomic E-state index is 0.0845. The SMILES string of the molecule is CC[C@@H]1COc2cc(F)ccc2[C@H]1CS(N)(=O)=O. The summed E-state index contributed by atoms with van der Waals surface area (Å²) in [5.74, 6) is -0.241. The van der Waals surface area contributed by atoms with E-state index in [1.807, 2.05) is 6.92 Å². The van der Waals surface area contributed by atoms with Gasteiger partial charge in [-0.3, -0.25) is 0 Å². The van der Waals surface area contributed by atoms with E-state index in [1.54, 1.807) is 6.07 Å². The van der Waals surface area contributed by atoms with Crippen LogP contribution in [-0.4, -0.2) is 20.8 Å². The number of nitrogens with two attached hydrogens (primary N) is 1. The molecule has 2 rings (SSSR count). The van der Waals surface area contributed by atoms with Gasteiger partial charge in [0.05, 0.1) is 12.4 Å². The first-order valence-electron chi connectivity index (χ1n) is 5.83. The zero-order valence-electron chi connectivity index (χ0n) is 10.1. The molecule has 18 heavy (non-hydrogen) atoms. The minimum Gasteiger partial charge on any atom is -0.493 e. The number of ether oxygens (including phenoxy) is 1. The fourth-order valence-electron chi connectivity index (χ4n) is 2.38. The van der Waals surface area contributed by atoms with Crippen molar-refractivity contribution in [3.63, 3.8) is 0 Å². The summed E-state index contributed by atoms with van der Waals surface area (Å²) < 4.78 is 41.2. The van der Waals surface area contributed by atoms with Gasteiger partial charge in [-0.1, -0.05) is 13.0 Å². The zero-order chi connectivity index (χ0) is 13.3. The van der Waals surface area contributed by atoms with Crippen molar-refractivity contribution in [3.8, 4) is 5.75 Å². The van der Waals surface area contributed by atoms with Crippen molar-refractivity contribution in [2.45, 2.75) is 19.3 Å². The molecule has 0 saturated carbocycles. The molecule has 1 aromatic rings. The predicted octanol–water partition coefficient (Wildman–Crippen LogP) is 1.62. The molecule has 0 aliphatic carbocycles. The van der Waals surface area contributed by atoms with Gasteiger partial charge in [-0.05, 0) is 18.1 Å². The minimum atomic E-state index is -3.57. The van der Waals surface area contributed by atoms with Crippen molar-refractivity contribution in [3.05, 3.63) is 29.6 Å². The molecular formula is C12H16FNO3S. The number of halogens is 1. The molecule has 0 fully saturated rings. The number of rotatable bonds is 3. The van der Waals surface area contributed by atoms with E-state index in [9.17, 15) is 12.8 Å². The lowest BCUT2D eigenvalue weighted by Gasteiger charge is -2.32. The molecule has 0 spiro atoms. The first kappa shape index (κ1) is 13.3. The summed E-state index contributed by atoms with van der Waals surface area (Å²) in [6, 6.07) is 4.19. The number of fused-ring (bicyclic) bond motifs is 1. The van der Waals surface area contributed by atoms with E-state index in [0.717, 1.165) is 12.0 Å². The van der Waals surface area contributed by atoms with Gasteiger partial charge in [-0.15, -0.1) is 0 Å². The molecule has 2 atom stereocenters. The van der Waals surface area contributed by atoms with Crippen molar-refractivity contribution >= 4 is 10.0 Å². The van der Waals surface area contributed by atoms with Gasteiger partial charge in [0.15, 0.2) is 0 Å². The number of hydrogen-bond donors (Lipinski definition) is 1. The van der Waals surface area contributed by atoms with Crippen LogP contribution in [0.2, 0.25) is 0 Å². The summed E-state index contributed by atoms with van der Waals surface area (Å²) in [6.07, 6.45) is 0.789. The van der Waals surface area contributed by atoms with Crippen LogP contribution in [0.3, 0.4) is 0 Å². The van der Waals surface area contributed by atoms with Crippen LogP contribution >= 0.6 is 0 Å². The summed E-state index contributed by atoms with van der Waals surface area (Å²) in [5.41, 5.74) is 0.725. The van der Waals surface area contributed by atoms with Gasteiger partial charge in [-0.2, -0.15) is 0 Å². The molecule has 0 amide bonds. The van der Waals surface area contributed by atoms with Gasteiger partial charge < -0.3 is 4.74 Å². The van der Waals surface area contributed by atoms with Gasteiger partial charge in [0.1, 0.15) is 11.6 Å². The molecule has 0 unspecified atom stereocenters. The Balaban J connectivity index is 2.41. The zero-order valence-corrected chi connectivity index (χ0v) is 10.9. The van der Waals surface area contributed by atoms with Gasteiger partial charge in [-0.25, -0.2) is 17.9 Å². The maximum Gasteiger partial charge on any atom is 0.209 e. The summed E-state index contributed by atoms with van der Waals surface area (Å²) in [4.78, 5) is 0. The summed E-state index contributed by atoms with van der Waals surface area (Å²) >= 11 is 0. The Hall–Kier alpha value is -1.14. The second-order valence-electron chi connectivity index (χ2n) is 4.60. The van der Waals surface area contributed by atoms with E-state index in [1.165, 1.54) is 12.1 Å². The smallest absolute Gasteiger partial charge is 0.209 e. The average molecular weight is 273 g/mol. The predicted molar refractivity (Wildman–Crippen MR) is 66.4 cm³/mol. The second kappa shape index (κ2) is 4.85. The molecule has 1 aliphatic heterocycles. The van der Waals surface area contributed by atoms with Crippen LogP contribution in [0.1, 0.15) is 24.8 Å². The van der Waals surface area contributed by atoms with Crippen molar-refractivity contribution in [1.82, 2.24) is 0 Å². The molecule has 0 aromatic heterocycles. The Labute approximate surface area is 106 Å². The Morgan fingerprint density at radius 1 is 1.50 bits per heavy atom. The van der Waals surface area contributed by atoms with Crippen LogP contribution in [0.5, 0.6) is 5.75 Å². The summed E-state index contributed by atoms with van der Waals surface area (Å²) in [6.45, 7) is 2.37. The topological polar surface area (TPSA) is 69.4 Å². The fraction of sp³-hybridized carbons (Fsp3) is 0.500. The van der Waals surface area contributed by atoms with Crippen LogP contribution < -0.4 is 9.88 Å². The highest BCUT2D eigenvalue weighted by molar-refractivity contribution is 7.89. The maximum absolute atomic E-state index is 13.1. The lowest BCUT2D eigenvalue weighted by Crippen LogP contribution is -2.32. The van der Waals surface area contributed by atoms with Crippen LogP contribution in [0.25, 0.3) is 0 Å². The highest BCUT2D eigenvalue weighted by Crippen LogP contribution is 2.39. The van der Waals surface area contributed by atoms with E-state index in [-0.39, 0.29) is 17.6 Å². The normalized spacial score (nSPS) is 23.3. The number of hydrogen-bond acceptors (Lipinski definition) is 3. The fourth-order valence-corrected chi connectivity index (χ4v) is 3.34. The first-order chi connectivity index (χ1) is 8.40. The van der Waals surface area contributed by atoms with Crippen molar-refractivity contribution in [2.24, 2.45) is 11.1 Å². The quantitative estimate of drug-likeness (QED) is 0.909. The third-order valence-corrected chi connectivity index (χ3v) is 4.16. The highest BCUT2D eigenvalue weighted by Gasteiger charge is 2.32. The molecule has 1 aromatic carbocycles. The molecule has 0 bridgehead atoms. The van der Waals surface area contributed by atoms with Crippen molar-refractivity contribution in [2.75, 3.05) is 12.4 Å². The van der Waals surface area contributed by atoms with Gasteiger partial charge >= 0.3 is 0 Å². The lowest BCUT2D eigenvalue weighted by atomic mass is 9.84. The van der Waals surface area contributed by atoms with E-state index < -0.39 is 15.8 Å². The van der Waals surface area contributed by atoms with Crippen LogP contribution in [0.4, 0.5) is 4.39 Å². The molecule has 1 heterocycles. The molecule has 2 N–H and O–H groups in total. The summed E-state index contributed by atoms with van der Waals surface area (Å²) in [5, 5.41) is 5.13. The molecule has 0 saturated heterocycles. The molecule has 100 valence electrons.